The number of nitrogens with zero attached hydrogens (tertiary/aromatic N) is 4. The highest BCUT2D eigenvalue weighted by molar-refractivity contribution is 5.82. The summed E-state index contributed by atoms with van der Waals surface area (Å²) >= 11 is 0. The maximum atomic E-state index is 13.9. The van der Waals surface area contributed by atoms with Crippen molar-refractivity contribution in [2.24, 2.45) is 0 Å². The van der Waals surface area contributed by atoms with Crippen LogP contribution in [0, 0.1) is 5.82 Å². The summed E-state index contributed by atoms with van der Waals surface area (Å²) in [5.74, 6) is 0.461. The van der Waals surface area contributed by atoms with Crippen molar-refractivity contribution in [1.29, 1.82) is 0 Å². The molecule has 0 N–H and O–H groups in total. The number of hydrogen-bond donors (Lipinski definition) is 0. The Labute approximate surface area is 131 Å². The molecule has 3 aromatic heterocycles. The molecule has 0 atom stereocenters. The van der Waals surface area contributed by atoms with Gasteiger partial charge in [-0.2, -0.15) is 0 Å². The van der Waals surface area contributed by atoms with Crippen LogP contribution in [0.2, 0.25) is 0 Å². The van der Waals surface area contributed by atoms with Crippen molar-refractivity contribution in [3.63, 3.8) is 0 Å². The molecule has 6 heteroatoms. The number of ether oxygens (including phenoxy) is 1. The predicted octanol–water partition coefficient (Wildman–Crippen LogP) is 3.48. The second-order valence-electron chi connectivity index (χ2n) is 5.06. The SMILES string of the molecule is CCOc1cc2nc(-c3nnc4ccccn34)ccc2cc1F. The van der Waals surface area contributed by atoms with Crippen molar-refractivity contribution < 1.29 is 9.13 Å². The molecule has 0 unspecified atom stereocenters. The third-order valence-electron chi connectivity index (χ3n) is 3.59. The van der Waals surface area contributed by atoms with E-state index in [0.29, 0.717) is 29.0 Å². The van der Waals surface area contributed by atoms with E-state index in [0.717, 1.165) is 5.65 Å². The lowest BCUT2D eigenvalue weighted by molar-refractivity contribution is 0.322. The summed E-state index contributed by atoms with van der Waals surface area (Å²) in [7, 11) is 0. The summed E-state index contributed by atoms with van der Waals surface area (Å²) in [6.45, 7) is 2.22. The Morgan fingerprint density at radius 2 is 2.04 bits per heavy atom. The summed E-state index contributed by atoms with van der Waals surface area (Å²) in [5.41, 5.74) is 2.07. The quantitative estimate of drug-likeness (QED) is 0.581. The van der Waals surface area contributed by atoms with Gasteiger partial charge in [-0.25, -0.2) is 9.37 Å². The van der Waals surface area contributed by atoms with Crippen LogP contribution in [0.3, 0.4) is 0 Å². The lowest BCUT2D eigenvalue weighted by Crippen LogP contribution is -1.96. The van der Waals surface area contributed by atoms with Gasteiger partial charge in [-0.05, 0) is 31.2 Å². The van der Waals surface area contributed by atoms with Crippen molar-refractivity contribution in [2.45, 2.75) is 6.92 Å². The molecule has 0 bridgehead atoms. The van der Waals surface area contributed by atoms with Gasteiger partial charge in [-0.1, -0.05) is 12.1 Å². The maximum absolute atomic E-state index is 13.9. The van der Waals surface area contributed by atoms with Crippen molar-refractivity contribution in [3.8, 4) is 17.3 Å². The first-order valence-electron chi connectivity index (χ1n) is 7.29. The number of aromatic nitrogens is 4. The van der Waals surface area contributed by atoms with Gasteiger partial charge >= 0.3 is 0 Å². The molecule has 1 aromatic carbocycles. The molecule has 5 nitrogen and oxygen atoms in total. The lowest BCUT2D eigenvalue weighted by atomic mass is 10.2. The Morgan fingerprint density at radius 1 is 1.13 bits per heavy atom. The van der Waals surface area contributed by atoms with Crippen LogP contribution in [-0.2, 0) is 0 Å². The topological polar surface area (TPSA) is 52.3 Å². The molecule has 0 fully saturated rings. The van der Waals surface area contributed by atoms with Gasteiger partial charge in [0.05, 0.1) is 12.1 Å². The Morgan fingerprint density at radius 3 is 2.91 bits per heavy atom. The molecule has 0 saturated carbocycles. The number of rotatable bonds is 3. The van der Waals surface area contributed by atoms with Gasteiger partial charge in [0.25, 0.3) is 0 Å². The first-order chi connectivity index (χ1) is 11.3. The highest BCUT2D eigenvalue weighted by Crippen LogP contribution is 2.26. The van der Waals surface area contributed by atoms with Gasteiger partial charge in [-0.15, -0.1) is 10.2 Å². The monoisotopic (exact) mass is 308 g/mol. The molecule has 4 rings (SSSR count). The van der Waals surface area contributed by atoms with E-state index in [1.54, 1.807) is 6.07 Å². The number of hydrogen-bond acceptors (Lipinski definition) is 4. The second-order valence-corrected chi connectivity index (χ2v) is 5.06. The van der Waals surface area contributed by atoms with E-state index < -0.39 is 0 Å². The number of pyridine rings is 2. The fraction of sp³-hybridized carbons (Fsp3) is 0.118. The Kier molecular flexibility index (Phi) is 3.15. The first kappa shape index (κ1) is 13.6. The molecule has 4 aromatic rings. The minimum atomic E-state index is -0.387. The summed E-state index contributed by atoms with van der Waals surface area (Å²) in [5, 5.41) is 9.03. The minimum Gasteiger partial charge on any atom is -0.491 e. The fourth-order valence-corrected chi connectivity index (χ4v) is 2.53. The maximum Gasteiger partial charge on any atom is 0.187 e. The Bertz CT molecular complexity index is 1010. The van der Waals surface area contributed by atoms with E-state index in [-0.39, 0.29) is 11.6 Å². The second kappa shape index (κ2) is 5.31. The van der Waals surface area contributed by atoms with Gasteiger partial charge in [0, 0.05) is 17.6 Å². The molecule has 0 spiro atoms. The van der Waals surface area contributed by atoms with Crippen LogP contribution in [0.5, 0.6) is 5.75 Å². The molecule has 0 aliphatic heterocycles. The molecular formula is C17H13FN4O. The Balaban J connectivity index is 1.89. The molecule has 0 aliphatic rings. The smallest absolute Gasteiger partial charge is 0.187 e. The molecule has 0 aliphatic carbocycles. The number of benzene rings is 1. The normalized spacial score (nSPS) is 11.2. The molecule has 0 radical (unpaired) electrons. The van der Waals surface area contributed by atoms with Gasteiger partial charge in [0.15, 0.2) is 23.0 Å². The van der Waals surface area contributed by atoms with E-state index in [2.05, 4.69) is 15.2 Å². The predicted molar refractivity (Wildman–Crippen MR) is 84.9 cm³/mol. The van der Waals surface area contributed by atoms with E-state index in [1.165, 1.54) is 6.07 Å². The zero-order valence-electron chi connectivity index (χ0n) is 12.4. The number of fused-ring (bicyclic) bond motifs is 2. The van der Waals surface area contributed by atoms with Crippen LogP contribution in [-0.4, -0.2) is 26.2 Å². The molecule has 0 saturated heterocycles. The van der Waals surface area contributed by atoms with E-state index in [1.807, 2.05) is 47.9 Å². The van der Waals surface area contributed by atoms with Gasteiger partial charge < -0.3 is 4.74 Å². The minimum absolute atomic E-state index is 0.204. The fourth-order valence-electron chi connectivity index (χ4n) is 2.53. The standard InChI is InChI=1S/C17H13FN4O/c1-2-23-15-10-14-11(9-12(15)18)6-7-13(19-14)17-21-20-16-5-3-4-8-22(16)17/h3-10H,2H2,1H3. The van der Waals surface area contributed by atoms with Crippen molar-refractivity contribution in [3.05, 3.63) is 54.5 Å². The van der Waals surface area contributed by atoms with E-state index in [4.69, 9.17) is 4.74 Å². The van der Waals surface area contributed by atoms with Crippen LogP contribution in [0.1, 0.15) is 6.92 Å². The lowest BCUT2D eigenvalue weighted by Gasteiger charge is -2.07. The third-order valence-corrected chi connectivity index (χ3v) is 3.59. The van der Waals surface area contributed by atoms with Crippen LogP contribution >= 0.6 is 0 Å². The highest BCUT2D eigenvalue weighted by atomic mass is 19.1. The summed E-state index contributed by atoms with van der Waals surface area (Å²) in [6.07, 6.45) is 1.88. The van der Waals surface area contributed by atoms with E-state index in [9.17, 15) is 4.39 Å². The molecule has 3 heterocycles. The number of halogens is 1. The van der Waals surface area contributed by atoms with Crippen molar-refractivity contribution >= 4 is 16.6 Å². The van der Waals surface area contributed by atoms with Gasteiger partial charge in [0.1, 0.15) is 5.69 Å². The van der Waals surface area contributed by atoms with Crippen molar-refractivity contribution in [2.75, 3.05) is 6.61 Å². The average molecular weight is 308 g/mol. The highest BCUT2D eigenvalue weighted by Gasteiger charge is 2.11. The van der Waals surface area contributed by atoms with E-state index >= 15 is 0 Å². The van der Waals surface area contributed by atoms with Crippen molar-refractivity contribution in [1.82, 2.24) is 19.6 Å². The third kappa shape index (κ3) is 2.28. The molecule has 23 heavy (non-hydrogen) atoms. The van der Waals surface area contributed by atoms with Crippen LogP contribution in [0.4, 0.5) is 4.39 Å². The first-order valence-corrected chi connectivity index (χ1v) is 7.29. The zero-order valence-corrected chi connectivity index (χ0v) is 12.4. The summed E-state index contributed by atoms with van der Waals surface area (Å²) < 4.78 is 21.1. The van der Waals surface area contributed by atoms with Gasteiger partial charge in [0.2, 0.25) is 0 Å². The summed E-state index contributed by atoms with van der Waals surface area (Å²) in [4.78, 5) is 4.58. The van der Waals surface area contributed by atoms with Crippen LogP contribution in [0.15, 0.2) is 48.7 Å². The largest absolute Gasteiger partial charge is 0.491 e. The molecule has 0 amide bonds. The summed E-state index contributed by atoms with van der Waals surface area (Å²) in [6, 6.07) is 12.4. The molecular weight excluding hydrogens is 295 g/mol. The average Bonchev–Trinajstić information content (AvgIpc) is 2.99. The van der Waals surface area contributed by atoms with Gasteiger partial charge in [-0.3, -0.25) is 4.40 Å². The molecule has 114 valence electrons. The zero-order chi connectivity index (χ0) is 15.8. The van der Waals surface area contributed by atoms with Crippen LogP contribution in [0.25, 0.3) is 28.1 Å². The van der Waals surface area contributed by atoms with Crippen LogP contribution < -0.4 is 4.74 Å². The Hall–Kier alpha value is -3.02.